The molecule has 1 aromatic heterocycles. The van der Waals surface area contributed by atoms with Crippen molar-refractivity contribution in [3.63, 3.8) is 0 Å². The number of hydrogen-bond acceptors (Lipinski definition) is 4. The molecule has 6 nitrogen and oxygen atoms in total. The molecule has 0 radical (unpaired) electrons. The SMILES string of the molecule is CCC1CCCN(C(=O)NCCc2nc(C(=O)O)cs2)C1. The van der Waals surface area contributed by atoms with Crippen molar-refractivity contribution in [2.45, 2.75) is 32.6 Å². The summed E-state index contributed by atoms with van der Waals surface area (Å²) in [7, 11) is 0. The number of carbonyl (C=O) groups excluding carboxylic acids is 1. The van der Waals surface area contributed by atoms with Crippen molar-refractivity contribution < 1.29 is 14.7 Å². The third-order valence-electron chi connectivity index (χ3n) is 3.77. The van der Waals surface area contributed by atoms with Gasteiger partial charge in [0.05, 0.1) is 5.01 Å². The van der Waals surface area contributed by atoms with Gasteiger partial charge in [-0.25, -0.2) is 14.6 Å². The molecule has 7 heteroatoms. The number of piperidine rings is 1. The molecule has 0 bridgehead atoms. The molecule has 0 aliphatic carbocycles. The maximum atomic E-state index is 12.1. The fourth-order valence-corrected chi connectivity index (χ4v) is 3.27. The van der Waals surface area contributed by atoms with Gasteiger partial charge in [-0.3, -0.25) is 0 Å². The highest BCUT2D eigenvalue weighted by Gasteiger charge is 2.22. The van der Waals surface area contributed by atoms with E-state index in [0.29, 0.717) is 18.9 Å². The molecule has 2 rings (SSSR count). The van der Waals surface area contributed by atoms with Crippen LogP contribution in [-0.2, 0) is 6.42 Å². The number of carboxylic acids is 1. The fourth-order valence-electron chi connectivity index (χ4n) is 2.49. The van der Waals surface area contributed by atoms with Crippen molar-refractivity contribution in [2.24, 2.45) is 5.92 Å². The molecule has 1 saturated heterocycles. The van der Waals surface area contributed by atoms with Gasteiger partial charge in [-0.15, -0.1) is 11.3 Å². The minimum Gasteiger partial charge on any atom is -0.476 e. The van der Waals surface area contributed by atoms with E-state index in [1.807, 2.05) is 4.90 Å². The van der Waals surface area contributed by atoms with E-state index < -0.39 is 5.97 Å². The highest BCUT2D eigenvalue weighted by molar-refractivity contribution is 7.09. The van der Waals surface area contributed by atoms with Crippen LogP contribution in [0.15, 0.2) is 5.38 Å². The molecule has 2 N–H and O–H groups in total. The maximum Gasteiger partial charge on any atom is 0.355 e. The summed E-state index contributed by atoms with van der Waals surface area (Å²) in [5, 5.41) is 13.9. The molecule has 1 aliphatic heterocycles. The smallest absolute Gasteiger partial charge is 0.355 e. The molecule has 2 heterocycles. The Labute approximate surface area is 128 Å². The van der Waals surface area contributed by atoms with Gasteiger partial charge in [0.1, 0.15) is 0 Å². The lowest BCUT2D eigenvalue weighted by Gasteiger charge is -2.32. The first kappa shape index (κ1) is 15.8. The van der Waals surface area contributed by atoms with Crippen LogP contribution in [0, 0.1) is 5.92 Å². The highest BCUT2D eigenvalue weighted by atomic mass is 32.1. The van der Waals surface area contributed by atoms with Gasteiger partial charge in [0.2, 0.25) is 0 Å². The predicted octanol–water partition coefficient (Wildman–Crippen LogP) is 2.22. The summed E-state index contributed by atoms with van der Waals surface area (Å²) >= 11 is 1.31. The number of nitrogens with one attached hydrogen (secondary N) is 1. The lowest BCUT2D eigenvalue weighted by Crippen LogP contribution is -2.45. The standard InChI is InChI=1S/C14H21N3O3S/c1-2-10-4-3-7-17(8-10)14(20)15-6-5-12-16-11(9-21-12)13(18)19/h9-10H,2-8H2,1H3,(H,15,20)(H,18,19). The van der Waals surface area contributed by atoms with Gasteiger partial charge in [0.25, 0.3) is 0 Å². The van der Waals surface area contributed by atoms with E-state index in [4.69, 9.17) is 5.11 Å². The molecule has 1 fully saturated rings. The van der Waals surface area contributed by atoms with Crippen molar-refractivity contribution >= 4 is 23.3 Å². The number of aromatic carboxylic acids is 1. The number of rotatable bonds is 5. The van der Waals surface area contributed by atoms with E-state index in [-0.39, 0.29) is 11.7 Å². The number of urea groups is 1. The summed E-state index contributed by atoms with van der Waals surface area (Å²) in [4.78, 5) is 28.7. The van der Waals surface area contributed by atoms with Crippen molar-refractivity contribution in [1.29, 1.82) is 0 Å². The summed E-state index contributed by atoms with van der Waals surface area (Å²) in [6.07, 6.45) is 3.95. The van der Waals surface area contributed by atoms with Gasteiger partial charge in [-0.05, 0) is 18.8 Å². The summed E-state index contributed by atoms with van der Waals surface area (Å²) in [6.45, 7) is 4.30. The van der Waals surface area contributed by atoms with Gasteiger partial charge >= 0.3 is 12.0 Å². The fraction of sp³-hybridized carbons (Fsp3) is 0.643. The Morgan fingerprint density at radius 3 is 3.05 bits per heavy atom. The first-order valence-corrected chi connectivity index (χ1v) is 8.18. The maximum absolute atomic E-state index is 12.1. The van der Waals surface area contributed by atoms with E-state index in [1.54, 1.807) is 0 Å². The van der Waals surface area contributed by atoms with Crippen LogP contribution in [0.1, 0.15) is 41.7 Å². The number of amides is 2. The van der Waals surface area contributed by atoms with Gasteiger partial charge in [-0.2, -0.15) is 0 Å². The second-order valence-corrected chi connectivity index (χ2v) is 6.22. The van der Waals surface area contributed by atoms with E-state index in [0.717, 1.165) is 30.9 Å². The zero-order valence-electron chi connectivity index (χ0n) is 12.2. The summed E-state index contributed by atoms with van der Waals surface area (Å²) in [6, 6.07) is -0.0248. The Hall–Kier alpha value is -1.63. The highest BCUT2D eigenvalue weighted by Crippen LogP contribution is 2.19. The lowest BCUT2D eigenvalue weighted by atomic mass is 9.96. The van der Waals surface area contributed by atoms with E-state index >= 15 is 0 Å². The van der Waals surface area contributed by atoms with Gasteiger partial charge in [0, 0.05) is 31.4 Å². The number of hydrogen-bond donors (Lipinski definition) is 2. The van der Waals surface area contributed by atoms with Gasteiger partial charge in [-0.1, -0.05) is 13.3 Å². The Balaban J connectivity index is 1.74. The third kappa shape index (κ3) is 4.42. The molecule has 0 saturated carbocycles. The molecular weight excluding hydrogens is 290 g/mol. The average Bonchev–Trinajstić information content (AvgIpc) is 2.96. The van der Waals surface area contributed by atoms with Crippen LogP contribution < -0.4 is 5.32 Å². The minimum atomic E-state index is -1.01. The van der Waals surface area contributed by atoms with E-state index in [2.05, 4.69) is 17.2 Å². The topological polar surface area (TPSA) is 82.5 Å². The second kappa shape index (κ2) is 7.40. The molecule has 116 valence electrons. The molecule has 1 atom stereocenters. The first-order valence-electron chi connectivity index (χ1n) is 7.30. The average molecular weight is 311 g/mol. The van der Waals surface area contributed by atoms with Crippen molar-refractivity contribution in [3.8, 4) is 0 Å². The molecule has 0 spiro atoms. The third-order valence-corrected chi connectivity index (χ3v) is 4.68. The molecule has 1 unspecified atom stereocenters. The molecule has 2 amide bonds. The quantitative estimate of drug-likeness (QED) is 0.873. The van der Waals surface area contributed by atoms with Gasteiger partial charge in [0.15, 0.2) is 5.69 Å². The lowest BCUT2D eigenvalue weighted by molar-refractivity contribution is 0.0691. The van der Waals surface area contributed by atoms with Crippen molar-refractivity contribution in [1.82, 2.24) is 15.2 Å². The molecule has 1 aliphatic rings. The summed E-state index contributed by atoms with van der Waals surface area (Å²) in [5.74, 6) is -0.401. The largest absolute Gasteiger partial charge is 0.476 e. The zero-order valence-corrected chi connectivity index (χ0v) is 13.0. The van der Waals surface area contributed by atoms with Gasteiger partial charge < -0.3 is 15.3 Å². The van der Waals surface area contributed by atoms with E-state index in [9.17, 15) is 9.59 Å². The number of nitrogens with zero attached hydrogens (tertiary/aromatic N) is 2. The van der Waals surface area contributed by atoms with Crippen LogP contribution in [0.3, 0.4) is 0 Å². The van der Waals surface area contributed by atoms with Crippen LogP contribution in [0.2, 0.25) is 0 Å². The Morgan fingerprint density at radius 1 is 1.57 bits per heavy atom. The number of carboxylic acid groups (broad SMARTS) is 1. The molecular formula is C14H21N3O3S. The minimum absolute atomic E-state index is 0.0248. The Morgan fingerprint density at radius 2 is 2.38 bits per heavy atom. The molecule has 21 heavy (non-hydrogen) atoms. The number of carbonyl (C=O) groups is 2. The van der Waals surface area contributed by atoms with Crippen LogP contribution in [-0.4, -0.2) is 46.6 Å². The van der Waals surface area contributed by atoms with Crippen LogP contribution >= 0.6 is 11.3 Å². The normalized spacial score (nSPS) is 18.5. The summed E-state index contributed by atoms with van der Waals surface area (Å²) < 4.78 is 0. The van der Waals surface area contributed by atoms with Crippen LogP contribution in [0.25, 0.3) is 0 Å². The number of thiazole rings is 1. The first-order chi connectivity index (χ1) is 10.1. The molecule has 1 aromatic rings. The Kier molecular flexibility index (Phi) is 5.55. The summed E-state index contributed by atoms with van der Waals surface area (Å²) in [5.41, 5.74) is 0.0724. The number of aromatic nitrogens is 1. The van der Waals surface area contributed by atoms with Crippen LogP contribution in [0.5, 0.6) is 0 Å². The van der Waals surface area contributed by atoms with E-state index in [1.165, 1.54) is 23.1 Å². The monoisotopic (exact) mass is 311 g/mol. The zero-order chi connectivity index (χ0) is 15.2. The number of likely N-dealkylation sites (tertiary alicyclic amines) is 1. The predicted molar refractivity (Wildman–Crippen MR) is 80.8 cm³/mol. The Bertz CT molecular complexity index is 503. The second-order valence-electron chi connectivity index (χ2n) is 5.28. The van der Waals surface area contributed by atoms with Crippen molar-refractivity contribution in [3.05, 3.63) is 16.1 Å². The van der Waals surface area contributed by atoms with Crippen molar-refractivity contribution in [2.75, 3.05) is 19.6 Å². The molecule has 0 aromatic carbocycles. The van der Waals surface area contributed by atoms with Crippen LogP contribution in [0.4, 0.5) is 4.79 Å².